The largest absolute Gasteiger partial charge is 0.378 e. The van der Waals surface area contributed by atoms with Gasteiger partial charge >= 0.3 is 0 Å². The van der Waals surface area contributed by atoms with Gasteiger partial charge in [0.25, 0.3) is 0 Å². The molecule has 0 aliphatic heterocycles. The van der Waals surface area contributed by atoms with Crippen LogP contribution >= 0.6 is 0 Å². The minimum Gasteiger partial charge on any atom is -0.378 e. The van der Waals surface area contributed by atoms with Gasteiger partial charge in [0.15, 0.2) is 0 Å². The van der Waals surface area contributed by atoms with Gasteiger partial charge in [-0.05, 0) is 55.5 Å². The Balaban J connectivity index is 2.18. The predicted octanol–water partition coefficient (Wildman–Crippen LogP) is 5.43. The van der Waals surface area contributed by atoms with Crippen molar-refractivity contribution in [3.63, 3.8) is 0 Å². The molecule has 1 atom stereocenters. The van der Waals surface area contributed by atoms with Gasteiger partial charge in [-0.3, -0.25) is 0 Å². The lowest BCUT2D eigenvalue weighted by Gasteiger charge is -2.19. The lowest BCUT2D eigenvalue weighted by Crippen LogP contribution is -2.08. The third-order valence-electron chi connectivity index (χ3n) is 3.94. The molecule has 0 fully saturated rings. The fourth-order valence-corrected chi connectivity index (χ4v) is 2.50. The van der Waals surface area contributed by atoms with Gasteiger partial charge in [0, 0.05) is 11.7 Å². The summed E-state index contributed by atoms with van der Waals surface area (Å²) in [5, 5.41) is 3.66. The smallest absolute Gasteiger partial charge is 0.0485 e. The molecule has 2 aromatic rings. The fourth-order valence-electron chi connectivity index (χ4n) is 2.50. The van der Waals surface area contributed by atoms with E-state index in [-0.39, 0.29) is 0 Å². The Hall–Kier alpha value is -1.76. The Morgan fingerprint density at radius 1 is 1.00 bits per heavy atom. The van der Waals surface area contributed by atoms with E-state index in [4.69, 9.17) is 0 Å². The SMILES string of the molecule is CCCc1ccccc1NC(C)c1ccc(C)c(C)c1. The van der Waals surface area contributed by atoms with Gasteiger partial charge in [0.1, 0.15) is 0 Å². The highest BCUT2D eigenvalue weighted by Gasteiger charge is 2.08. The van der Waals surface area contributed by atoms with E-state index >= 15 is 0 Å². The number of para-hydroxylation sites is 1. The molecule has 1 heteroatoms. The van der Waals surface area contributed by atoms with Gasteiger partial charge in [-0.15, -0.1) is 0 Å². The summed E-state index contributed by atoms with van der Waals surface area (Å²) in [6, 6.07) is 15.7. The highest BCUT2D eigenvalue weighted by Crippen LogP contribution is 2.24. The van der Waals surface area contributed by atoms with Gasteiger partial charge in [0.05, 0.1) is 0 Å². The van der Waals surface area contributed by atoms with Crippen LogP contribution in [0.1, 0.15) is 48.6 Å². The maximum absolute atomic E-state index is 3.66. The molecule has 2 rings (SSSR count). The molecule has 0 aliphatic carbocycles. The average molecular weight is 267 g/mol. The zero-order valence-electron chi connectivity index (χ0n) is 13.0. The molecule has 0 aromatic heterocycles. The van der Waals surface area contributed by atoms with Crippen LogP contribution in [0, 0.1) is 13.8 Å². The Kier molecular flexibility index (Phi) is 4.84. The zero-order valence-corrected chi connectivity index (χ0v) is 13.0. The van der Waals surface area contributed by atoms with E-state index in [1.807, 2.05) is 0 Å². The summed E-state index contributed by atoms with van der Waals surface area (Å²) < 4.78 is 0. The van der Waals surface area contributed by atoms with Crippen LogP contribution in [0.2, 0.25) is 0 Å². The van der Waals surface area contributed by atoms with Crippen LogP contribution < -0.4 is 5.32 Å². The molecule has 0 radical (unpaired) electrons. The molecule has 0 saturated heterocycles. The van der Waals surface area contributed by atoms with Gasteiger partial charge < -0.3 is 5.32 Å². The summed E-state index contributed by atoms with van der Waals surface area (Å²) >= 11 is 0. The maximum Gasteiger partial charge on any atom is 0.0485 e. The molecule has 106 valence electrons. The van der Waals surface area contributed by atoms with Crippen molar-refractivity contribution in [3.8, 4) is 0 Å². The topological polar surface area (TPSA) is 12.0 Å². The van der Waals surface area contributed by atoms with E-state index < -0.39 is 0 Å². The van der Waals surface area contributed by atoms with Crippen LogP contribution in [-0.2, 0) is 6.42 Å². The van der Waals surface area contributed by atoms with Crippen molar-refractivity contribution in [3.05, 3.63) is 64.7 Å². The van der Waals surface area contributed by atoms with Gasteiger partial charge in [-0.25, -0.2) is 0 Å². The third-order valence-corrected chi connectivity index (χ3v) is 3.94. The van der Waals surface area contributed by atoms with Crippen LogP contribution in [0.4, 0.5) is 5.69 Å². The first kappa shape index (κ1) is 14.6. The molecule has 0 amide bonds. The highest BCUT2D eigenvalue weighted by molar-refractivity contribution is 5.53. The number of anilines is 1. The van der Waals surface area contributed by atoms with Crippen molar-refractivity contribution in [2.75, 3.05) is 5.32 Å². The Morgan fingerprint density at radius 2 is 1.75 bits per heavy atom. The van der Waals surface area contributed by atoms with E-state index in [1.54, 1.807) is 0 Å². The van der Waals surface area contributed by atoms with E-state index in [0.717, 1.165) is 6.42 Å². The molecule has 0 bridgehead atoms. The number of aryl methyl sites for hydroxylation is 3. The molecular formula is C19H25N. The quantitative estimate of drug-likeness (QED) is 0.761. The molecular weight excluding hydrogens is 242 g/mol. The second-order valence-corrected chi connectivity index (χ2v) is 5.62. The van der Waals surface area contributed by atoms with Crippen LogP contribution in [0.5, 0.6) is 0 Å². The number of hydrogen-bond acceptors (Lipinski definition) is 1. The molecule has 0 spiro atoms. The first-order chi connectivity index (χ1) is 9.61. The molecule has 20 heavy (non-hydrogen) atoms. The molecule has 2 aromatic carbocycles. The monoisotopic (exact) mass is 267 g/mol. The number of nitrogens with one attached hydrogen (secondary N) is 1. The lowest BCUT2D eigenvalue weighted by atomic mass is 10.0. The predicted molar refractivity (Wildman–Crippen MR) is 88.4 cm³/mol. The lowest BCUT2D eigenvalue weighted by molar-refractivity contribution is 0.865. The number of benzene rings is 2. The van der Waals surface area contributed by atoms with E-state index in [2.05, 4.69) is 75.5 Å². The van der Waals surface area contributed by atoms with Crippen LogP contribution in [0.15, 0.2) is 42.5 Å². The molecule has 0 saturated carbocycles. The van der Waals surface area contributed by atoms with Crippen molar-refractivity contribution >= 4 is 5.69 Å². The van der Waals surface area contributed by atoms with Crippen LogP contribution in [-0.4, -0.2) is 0 Å². The Bertz CT molecular complexity index is 572. The zero-order chi connectivity index (χ0) is 14.5. The summed E-state index contributed by atoms with van der Waals surface area (Å²) in [6.07, 6.45) is 2.31. The van der Waals surface area contributed by atoms with Crippen LogP contribution in [0.25, 0.3) is 0 Å². The highest BCUT2D eigenvalue weighted by atomic mass is 14.9. The first-order valence-electron chi connectivity index (χ1n) is 7.53. The Labute approximate surface area is 123 Å². The van der Waals surface area contributed by atoms with Crippen molar-refractivity contribution in [2.24, 2.45) is 0 Å². The van der Waals surface area contributed by atoms with E-state index in [1.165, 1.54) is 34.4 Å². The standard InChI is InChI=1S/C19H25N/c1-5-8-17-9-6-7-10-19(17)20-16(4)18-12-11-14(2)15(3)13-18/h6-7,9-13,16,20H,5,8H2,1-4H3. The summed E-state index contributed by atoms with van der Waals surface area (Å²) in [6.45, 7) is 8.79. The summed E-state index contributed by atoms with van der Waals surface area (Å²) in [5.41, 5.74) is 6.73. The van der Waals surface area contributed by atoms with Gasteiger partial charge in [-0.1, -0.05) is 49.7 Å². The summed E-state index contributed by atoms with van der Waals surface area (Å²) in [5.74, 6) is 0. The van der Waals surface area contributed by atoms with Crippen LogP contribution in [0.3, 0.4) is 0 Å². The van der Waals surface area contributed by atoms with Crippen molar-refractivity contribution in [1.82, 2.24) is 0 Å². The minimum atomic E-state index is 0.326. The first-order valence-corrected chi connectivity index (χ1v) is 7.53. The Morgan fingerprint density at radius 3 is 2.45 bits per heavy atom. The maximum atomic E-state index is 3.66. The molecule has 0 heterocycles. The van der Waals surface area contributed by atoms with Gasteiger partial charge in [0.2, 0.25) is 0 Å². The van der Waals surface area contributed by atoms with E-state index in [0.29, 0.717) is 6.04 Å². The second-order valence-electron chi connectivity index (χ2n) is 5.62. The normalized spacial score (nSPS) is 12.2. The molecule has 1 N–H and O–H groups in total. The fraction of sp³-hybridized carbons (Fsp3) is 0.368. The van der Waals surface area contributed by atoms with Crippen molar-refractivity contribution in [1.29, 1.82) is 0 Å². The second kappa shape index (κ2) is 6.60. The number of rotatable bonds is 5. The average Bonchev–Trinajstić information content (AvgIpc) is 2.44. The van der Waals surface area contributed by atoms with Crippen molar-refractivity contribution < 1.29 is 0 Å². The van der Waals surface area contributed by atoms with E-state index in [9.17, 15) is 0 Å². The molecule has 1 unspecified atom stereocenters. The third kappa shape index (κ3) is 3.41. The summed E-state index contributed by atoms with van der Waals surface area (Å²) in [7, 11) is 0. The van der Waals surface area contributed by atoms with Crippen molar-refractivity contribution in [2.45, 2.75) is 46.6 Å². The molecule has 0 aliphatic rings. The summed E-state index contributed by atoms with van der Waals surface area (Å²) in [4.78, 5) is 0. The minimum absolute atomic E-state index is 0.326. The molecule has 1 nitrogen and oxygen atoms in total. The van der Waals surface area contributed by atoms with Gasteiger partial charge in [-0.2, -0.15) is 0 Å². The number of hydrogen-bond donors (Lipinski definition) is 1.